The van der Waals surface area contributed by atoms with Crippen LogP contribution in [0, 0.1) is 11.8 Å². The second kappa shape index (κ2) is 7.05. The molecule has 0 aromatic carbocycles. The minimum absolute atomic E-state index is 0.836. The number of ether oxygens (including phenoxy) is 1. The molecular weight excluding hydrogens is 172 g/mol. The molecule has 82 valence electrons. The van der Waals surface area contributed by atoms with Gasteiger partial charge in [0.2, 0.25) is 0 Å². The van der Waals surface area contributed by atoms with Crippen LogP contribution in [-0.2, 0) is 4.74 Å². The van der Waals surface area contributed by atoms with Crippen molar-refractivity contribution >= 4 is 0 Å². The SMILES string of the molecule is CC=CC1CCC(COCCC)CC1. The third kappa shape index (κ3) is 4.28. The van der Waals surface area contributed by atoms with E-state index in [0.29, 0.717) is 0 Å². The van der Waals surface area contributed by atoms with Gasteiger partial charge in [-0.2, -0.15) is 0 Å². The van der Waals surface area contributed by atoms with E-state index in [2.05, 4.69) is 26.0 Å². The molecule has 1 nitrogen and oxygen atoms in total. The molecule has 1 saturated carbocycles. The van der Waals surface area contributed by atoms with Gasteiger partial charge in [-0.05, 0) is 50.9 Å². The van der Waals surface area contributed by atoms with Crippen molar-refractivity contribution < 1.29 is 4.74 Å². The third-order valence-electron chi connectivity index (χ3n) is 3.06. The molecule has 1 rings (SSSR count). The first kappa shape index (κ1) is 11.8. The first-order chi connectivity index (χ1) is 6.86. The molecule has 0 N–H and O–H groups in total. The molecule has 1 fully saturated rings. The fraction of sp³-hybridized carbons (Fsp3) is 0.846. The molecule has 0 aliphatic heterocycles. The van der Waals surface area contributed by atoms with Gasteiger partial charge in [0.25, 0.3) is 0 Å². The lowest BCUT2D eigenvalue weighted by Gasteiger charge is -2.26. The van der Waals surface area contributed by atoms with Crippen molar-refractivity contribution in [3.05, 3.63) is 12.2 Å². The molecule has 0 heterocycles. The van der Waals surface area contributed by atoms with Crippen LogP contribution in [0.5, 0.6) is 0 Å². The van der Waals surface area contributed by atoms with E-state index < -0.39 is 0 Å². The highest BCUT2D eigenvalue weighted by atomic mass is 16.5. The predicted molar refractivity (Wildman–Crippen MR) is 61.4 cm³/mol. The van der Waals surface area contributed by atoms with E-state index in [9.17, 15) is 0 Å². The molecule has 1 aliphatic carbocycles. The van der Waals surface area contributed by atoms with Crippen LogP contribution in [-0.4, -0.2) is 13.2 Å². The summed E-state index contributed by atoms with van der Waals surface area (Å²) < 4.78 is 5.60. The van der Waals surface area contributed by atoms with Gasteiger partial charge in [-0.3, -0.25) is 0 Å². The summed E-state index contributed by atoms with van der Waals surface area (Å²) in [6, 6.07) is 0. The second-order valence-electron chi connectivity index (χ2n) is 4.38. The van der Waals surface area contributed by atoms with Gasteiger partial charge in [-0.1, -0.05) is 19.1 Å². The predicted octanol–water partition coefficient (Wildman–Crippen LogP) is 3.80. The zero-order chi connectivity index (χ0) is 10.2. The lowest BCUT2D eigenvalue weighted by Crippen LogP contribution is -2.18. The quantitative estimate of drug-likeness (QED) is 0.480. The number of rotatable bonds is 5. The van der Waals surface area contributed by atoms with E-state index in [1.165, 1.54) is 25.7 Å². The summed E-state index contributed by atoms with van der Waals surface area (Å²) in [5.41, 5.74) is 0. The van der Waals surface area contributed by atoms with Crippen LogP contribution in [0.4, 0.5) is 0 Å². The minimum atomic E-state index is 0.836. The van der Waals surface area contributed by atoms with Gasteiger partial charge in [-0.25, -0.2) is 0 Å². The van der Waals surface area contributed by atoms with E-state index in [1.807, 2.05) is 0 Å². The van der Waals surface area contributed by atoms with E-state index in [-0.39, 0.29) is 0 Å². The summed E-state index contributed by atoms with van der Waals surface area (Å²) in [4.78, 5) is 0. The number of hydrogen-bond donors (Lipinski definition) is 0. The highest BCUT2D eigenvalue weighted by Crippen LogP contribution is 2.29. The highest BCUT2D eigenvalue weighted by Gasteiger charge is 2.18. The minimum Gasteiger partial charge on any atom is -0.381 e. The Morgan fingerprint density at radius 1 is 1.21 bits per heavy atom. The Kier molecular flexibility index (Phi) is 5.93. The Morgan fingerprint density at radius 3 is 2.50 bits per heavy atom. The summed E-state index contributed by atoms with van der Waals surface area (Å²) in [7, 11) is 0. The van der Waals surface area contributed by atoms with E-state index in [1.54, 1.807) is 0 Å². The van der Waals surface area contributed by atoms with Crippen molar-refractivity contribution in [2.24, 2.45) is 11.8 Å². The van der Waals surface area contributed by atoms with Crippen molar-refractivity contribution in [2.75, 3.05) is 13.2 Å². The molecular formula is C13H24O. The molecule has 0 atom stereocenters. The maximum atomic E-state index is 5.60. The average Bonchev–Trinajstić information content (AvgIpc) is 2.21. The van der Waals surface area contributed by atoms with Crippen LogP contribution >= 0.6 is 0 Å². The first-order valence-corrected chi connectivity index (χ1v) is 6.07. The van der Waals surface area contributed by atoms with Gasteiger partial charge in [0.05, 0.1) is 0 Å². The number of allylic oxidation sites excluding steroid dienone is 2. The lowest BCUT2D eigenvalue weighted by molar-refractivity contribution is 0.0815. The van der Waals surface area contributed by atoms with Crippen molar-refractivity contribution in [3.8, 4) is 0 Å². The van der Waals surface area contributed by atoms with Crippen LogP contribution in [0.25, 0.3) is 0 Å². The fourth-order valence-electron chi connectivity index (χ4n) is 2.21. The van der Waals surface area contributed by atoms with Crippen molar-refractivity contribution in [2.45, 2.75) is 46.0 Å². The molecule has 0 aromatic heterocycles. The van der Waals surface area contributed by atoms with Crippen molar-refractivity contribution in [1.29, 1.82) is 0 Å². The Bertz CT molecular complexity index is 155. The standard InChI is InChI=1S/C13H24O/c1-3-5-12-6-8-13(9-7-12)11-14-10-4-2/h3,5,12-13H,4,6-11H2,1-2H3. The molecule has 0 saturated heterocycles. The molecule has 1 heteroatoms. The Labute approximate surface area is 88.5 Å². The molecule has 0 aromatic rings. The molecule has 14 heavy (non-hydrogen) atoms. The average molecular weight is 196 g/mol. The lowest BCUT2D eigenvalue weighted by atomic mass is 9.82. The van der Waals surface area contributed by atoms with Crippen LogP contribution in [0.2, 0.25) is 0 Å². The molecule has 0 bridgehead atoms. The fourth-order valence-corrected chi connectivity index (χ4v) is 2.21. The molecule has 1 aliphatic rings. The van der Waals surface area contributed by atoms with Gasteiger partial charge in [-0.15, -0.1) is 0 Å². The maximum Gasteiger partial charge on any atom is 0.0494 e. The highest BCUT2D eigenvalue weighted by molar-refractivity contribution is 4.88. The smallest absolute Gasteiger partial charge is 0.0494 e. The summed E-state index contributed by atoms with van der Waals surface area (Å²) >= 11 is 0. The van der Waals surface area contributed by atoms with Crippen molar-refractivity contribution in [1.82, 2.24) is 0 Å². The van der Waals surface area contributed by atoms with Crippen LogP contribution in [0.3, 0.4) is 0 Å². The Morgan fingerprint density at radius 2 is 1.93 bits per heavy atom. The van der Waals surface area contributed by atoms with E-state index in [0.717, 1.165) is 31.5 Å². The van der Waals surface area contributed by atoms with E-state index in [4.69, 9.17) is 4.74 Å². The second-order valence-corrected chi connectivity index (χ2v) is 4.38. The molecule has 0 spiro atoms. The Hall–Kier alpha value is -0.300. The summed E-state index contributed by atoms with van der Waals surface area (Å²) in [6.07, 6.45) is 11.2. The molecule has 0 unspecified atom stereocenters. The third-order valence-corrected chi connectivity index (χ3v) is 3.06. The van der Waals surface area contributed by atoms with Crippen LogP contribution in [0.1, 0.15) is 46.0 Å². The monoisotopic (exact) mass is 196 g/mol. The van der Waals surface area contributed by atoms with E-state index >= 15 is 0 Å². The normalized spacial score (nSPS) is 28.4. The van der Waals surface area contributed by atoms with Crippen LogP contribution in [0.15, 0.2) is 12.2 Å². The van der Waals surface area contributed by atoms with Gasteiger partial charge in [0.1, 0.15) is 0 Å². The van der Waals surface area contributed by atoms with Crippen molar-refractivity contribution in [3.63, 3.8) is 0 Å². The zero-order valence-electron chi connectivity index (χ0n) is 9.67. The zero-order valence-corrected chi connectivity index (χ0v) is 9.67. The molecule has 0 radical (unpaired) electrons. The Balaban J connectivity index is 2.09. The van der Waals surface area contributed by atoms with Crippen LogP contribution < -0.4 is 0 Å². The molecule has 0 amide bonds. The van der Waals surface area contributed by atoms with Gasteiger partial charge in [0, 0.05) is 13.2 Å². The van der Waals surface area contributed by atoms with Gasteiger partial charge in [0.15, 0.2) is 0 Å². The van der Waals surface area contributed by atoms with Gasteiger partial charge >= 0.3 is 0 Å². The summed E-state index contributed by atoms with van der Waals surface area (Å²) in [5.74, 6) is 1.69. The topological polar surface area (TPSA) is 9.23 Å². The largest absolute Gasteiger partial charge is 0.381 e. The summed E-state index contributed by atoms with van der Waals surface area (Å²) in [6.45, 7) is 6.23. The van der Waals surface area contributed by atoms with Gasteiger partial charge < -0.3 is 4.74 Å². The first-order valence-electron chi connectivity index (χ1n) is 6.07. The maximum absolute atomic E-state index is 5.60. The summed E-state index contributed by atoms with van der Waals surface area (Å²) in [5, 5.41) is 0. The number of hydrogen-bond acceptors (Lipinski definition) is 1.